The van der Waals surface area contributed by atoms with Crippen molar-refractivity contribution in [2.45, 2.75) is 65.2 Å². The highest BCUT2D eigenvalue weighted by Crippen LogP contribution is 2.41. The van der Waals surface area contributed by atoms with Crippen LogP contribution in [0.2, 0.25) is 0 Å². The number of guanidine groups is 1. The lowest BCUT2D eigenvalue weighted by atomic mass is 9.84. The molecule has 0 bridgehead atoms. The molecule has 2 N–H and O–H groups in total. The first-order valence-corrected chi connectivity index (χ1v) is 10.5. The van der Waals surface area contributed by atoms with E-state index >= 15 is 0 Å². The zero-order valence-corrected chi connectivity index (χ0v) is 16.4. The molecular weight excluding hydrogens is 314 g/mol. The summed E-state index contributed by atoms with van der Waals surface area (Å²) >= 11 is 0. The van der Waals surface area contributed by atoms with Gasteiger partial charge in [0.05, 0.1) is 0 Å². The predicted molar refractivity (Wildman–Crippen MR) is 104 cm³/mol. The molecule has 0 amide bonds. The third kappa shape index (κ3) is 7.53. The van der Waals surface area contributed by atoms with Gasteiger partial charge in [-0.3, -0.25) is 4.99 Å². The summed E-state index contributed by atoms with van der Waals surface area (Å²) < 4.78 is 11.2. The molecule has 0 aromatic rings. The number of nitrogens with one attached hydrogen (secondary N) is 2. The lowest BCUT2D eigenvalue weighted by molar-refractivity contribution is 0.0203. The minimum absolute atomic E-state index is 0.454. The first kappa shape index (κ1) is 20.5. The number of hydrogen-bond donors (Lipinski definition) is 2. The van der Waals surface area contributed by atoms with Crippen LogP contribution in [0.4, 0.5) is 0 Å². The average Bonchev–Trinajstić information content (AvgIpc) is 3.13. The minimum Gasteiger partial charge on any atom is -0.381 e. The van der Waals surface area contributed by atoms with E-state index in [-0.39, 0.29) is 0 Å². The second-order valence-electron chi connectivity index (χ2n) is 7.67. The van der Waals surface area contributed by atoms with Crippen molar-refractivity contribution in [2.75, 3.05) is 46.1 Å². The number of ether oxygens (including phenoxy) is 2. The van der Waals surface area contributed by atoms with Crippen molar-refractivity contribution in [2.24, 2.45) is 16.3 Å². The molecule has 2 aliphatic rings. The fraction of sp³-hybridized carbons (Fsp3) is 0.950. The molecule has 1 aliphatic carbocycles. The maximum absolute atomic E-state index is 5.83. The predicted octanol–water partition coefficient (Wildman–Crippen LogP) is 3.35. The van der Waals surface area contributed by atoms with Gasteiger partial charge < -0.3 is 20.1 Å². The van der Waals surface area contributed by atoms with Crippen molar-refractivity contribution < 1.29 is 9.47 Å². The SMILES string of the molecule is CCNC(=NCC1(CC)CCCC1)NCCCOCC1CCOCC1. The van der Waals surface area contributed by atoms with Gasteiger partial charge in [0.15, 0.2) is 5.96 Å². The molecule has 2 rings (SSSR count). The van der Waals surface area contributed by atoms with Gasteiger partial charge in [-0.25, -0.2) is 0 Å². The zero-order valence-electron chi connectivity index (χ0n) is 16.4. The number of aliphatic imine (C=N–C) groups is 1. The quantitative estimate of drug-likeness (QED) is 0.359. The highest BCUT2D eigenvalue weighted by atomic mass is 16.5. The highest BCUT2D eigenvalue weighted by Gasteiger charge is 2.31. The topological polar surface area (TPSA) is 54.9 Å². The van der Waals surface area contributed by atoms with Gasteiger partial charge in [0.1, 0.15) is 0 Å². The van der Waals surface area contributed by atoms with E-state index in [1.54, 1.807) is 0 Å². The lowest BCUT2D eigenvalue weighted by Gasteiger charge is -2.25. The summed E-state index contributed by atoms with van der Waals surface area (Å²) in [7, 11) is 0. The van der Waals surface area contributed by atoms with E-state index in [4.69, 9.17) is 14.5 Å². The summed E-state index contributed by atoms with van der Waals surface area (Å²) in [5.74, 6) is 1.66. The van der Waals surface area contributed by atoms with E-state index in [0.29, 0.717) is 11.3 Å². The van der Waals surface area contributed by atoms with Crippen molar-refractivity contribution in [1.82, 2.24) is 10.6 Å². The van der Waals surface area contributed by atoms with E-state index in [1.165, 1.54) is 32.1 Å². The Morgan fingerprint density at radius 2 is 1.92 bits per heavy atom. The van der Waals surface area contributed by atoms with Gasteiger partial charge in [0.25, 0.3) is 0 Å². The maximum atomic E-state index is 5.83. The van der Waals surface area contributed by atoms with Crippen LogP contribution in [0.25, 0.3) is 0 Å². The molecule has 0 spiro atoms. The third-order valence-electron chi connectivity index (χ3n) is 5.78. The van der Waals surface area contributed by atoms with Crippen LogP contribution < -0.4 is 10.6 Å². The second-order valence-corrected chi connectivity index (χ2v) is 7.67. The lowest BCUT2D eigenvalue weighted by Crippen LogP contribution is -2.39. The van der Waals surface area contributed by atoms with Crippen LogP contribution in [0.5, 0.6) is 0 Å². The van der Waals surface area contributed by atoms with E-state index in [0.717, 1.165) is 71.3 Å². The fourth-order valence-electron chi connectivity index (χ4n) is 3.88. The normalized spacial score (nSPS) is 21.4. The molecule has 0 aromatic carbocycles. The number of rotatable bonds is 10. The van der Waals surface area contributed by atoms with Crippen LogP contribution >= 0.6 is 0 Å². The summed E-state index contributed by atoms with van der Waals surface area (Å²) in [5, 5.41) is 6.84. The van der Waals surface area contributed by atoms with Crippen molar-refractivity contribution in [3.05, 3.63) is 0 Å². The molecule has 0 unspecified atom stereocenters. The fourth-order valence-corrected chi connectivity index (χ4v) is 3.88. The van der Waals surface area contributed by atoms with Crippen LogP contribution in [0, 0.1) is 11.3 Å². The van der Waals surface area contributed by atoms with Gasteiger partial charge in [0, 0.05) is 46.1 Å². The number of hydrogen-bond acceptors (Lipinski definition) is 3. The van der Waals surface area contributed by atoms with Crippen LogP contribution in [0.1, 0.15) is 65.2 Å². The number of nitrogens with zero attached hydrogens (tertiary/aromatic N) is 1. The van der Waals surface area contributed by atoms with E-state index < -0.39 is 0 Å². The molecule has 2 fully saturated rings. The molecule has 5 heteroatoms. The van der Waals surface area contributed by atoms with Gasteiger partial charge in [-0.15, -0.1) is 0 Å². The molecule has 0 atom stereocenters. The van der Waals surface area contributed by atoms with Gasteiger partial charge >= 0.3 is 0 Å². The average molecular weight is 354 g/mol. The minimum atomic E-state index is 0.454. The van der Waals surface area contributed by atoms with Gasteiger partial charge in [-0.2, -0.15) is 0 Å². The summed E-state index contributed by atoms with van der Waals surface area (Å²) in [6, 6.07) is 0. The molecule has 0 radical (unpaired) electrons. The first-order valence-electron chi connectivity index (χ1n) is 10.5. The van der Waals surface area contributed by atoms with E-state index in [9.17, 15) is 0 Å². The van der Waals surface area contributed by atoms with Crippen LogP contribution in [0.15, 0.2) is 4.99 Å². The van der Waals surface area contributed by atoms with Crippen LogP contribution in [-0.4, -0.2) is 52.0 Å². The van der Waals surface area contributed by atoms with Crippen molar-refractivity contribution in [3.63, 3.8) is 0 Å². The summed E-state index contributed by atoms with van der Waals surface area (Å²) in [5.41, 5.74) is 0.454. The Morgan fingerprint density at radius 3 is 2.60 bits per heavy atom. The molecule has 146 valence electrons. The molecule has 1 saturated carbocycles. The Hall–Kier alpha value is -0.810. The Bertz CT molecular complexity index is 375. The molecular formula is C20H39N3O2. The van der Waals surface area contributed by atoms with Crippen molar-refractivity contribution >= 4 is 5.96 Å². The Balaban J connectivity index is 1.60. The molecule has 1 aliphatic heterocycles. The standard InChI is InChI=1S/C20H39N3O2/c1-3-20(10-5-6-11-20)17-23-19(21-4-2)22-12-7-13-25-16-18-8-14-24-15-9-18/h18H,3-17H2,1-2H3,(H2,21,22,23). The zero-order chi connectivity index (χ0) is 17.8. The van der Waals surface area contributed by atoms with E-state index in [1.807, 2.05) is 0 Å². The van der Waals surface area contributed by atoms with Crippen LogP contribution in [0.3, 0.4) is 0 Å². The van der Waals surface area contributed by atoms with Crippen molar-refractivity contribution in [3.8, 4) is 0 Å². The van der Waals surface area contributed by atoms with Crippen molar-refractivity contribution in [1.29, 1.82) is 0 Å². The summed E-state index contributed by atoms with van der Waals surface area (Å²) in [6.07, 6.45) is 9.99. The highest BCUT2D eigenvalue weighted by molar-refractivity contribution is 5.79. The van der Waals surface area contributed by atoms with Crippen LogP contribution in [-0.2, 0) is 9.47 Å². The first-order chi connectivity index (χ1) is 12.3. The van der Waals surface area contributed by atoms with Gasteiger partial charge in [-0.1, -0.05) is 19.8 Å². The van der Waals surface area contributed by atoms with E-state index in [2.05, 4.69) is 24.5 Å². The van der Waals surface area contributed by atoms with Gasteiger partial charge in [0.2, 0.25) is 0 Å². The van der Waals surface area contributed by atoms with Gasteiger partial charge in [-0.05, 0) is 56.8 Å². The maximum Gasteiger partial charge on any atom is 0.191 e. The Labute approximate surface area is 154 Å². The monoisotopic (exact) mass is 353 g/mol. The second kappa shape index (κ2) is 11.7. The molecule has 25 heavy (non-hydrogen) atoms. The smallest absolute Gasteiger partial charge is 0.191 e. The molecule has 5 nitrogen and oxygen atoms in total. The Morgan fingerprint density at radius 1 is 1.16 bits per heavy atom. The summed E-state index contributed by atoms with van der Waals surface area (Å²) in [4.78, 5) is 4.87. The molecule has 1 saturated heterocycles. The summed E-state index contributed by atoms with van der Waals surface area (Å²) in [6.45, 7) is 10.7. The Kier molecular flexibility index (Phi) is 9.63. The third-order valence-corrected chi connectivity index (χ3v) is 5.78. The molecule has 0 aromatic heterocycles. The largest absolute Gasteiger partial charge is 0.381 e. The molecule has 1 heterocycles.